The molecule has 0 saturated carbocycles. The minimum Gasteiger partial charge on any atom is -0.351 e. The standard InChI is InChI=1S/C27H28N6OS.CH4/c1-18-8-10-21(11-9-18)25-22-6-4-5-7-23(22)26(31-30-25)33-14-12-32(13-15-33)24(34)17-35-27-28-19(2)16-20(3)29-27;/h4-11,16H,12-15,17H2,1-3H3;1H4. The van der Waals surface area contributed by atoms with Gasteiger partial charge in [-0.2, -0.15) is 0 Å². The number of aromatic nitrogens is 4. The maximum Gasteiger partial charge on any atom is 0.233 e. The van der Waals surface area contributed by atoms with Gasteiger partial charge in [0.05, 0.1) is 5.75 Å². The van der Waals surface area contributed by atoms with Crippen LogP contribution in [-0.4, -0.2) is 62.9 Å². The largest absolute Gasteiger partial charge is 0.351 e. The lowest BCUT2D eigenvalue weighted by molar-refractivity contribution is -0.128. The zero-order valence-corrected chi connectivity index (χ0v) is 21.0. The fourth-order valence-corrected chi connectivity index (χ4v) is 5.24. The number of hydrogen-bond acceptors (Lipinski definition) is 7. The predicted octanol–water partition coefficient (Wildman–Crippen LogP) is 5.09. The first kappa shape index (κ1) is 25.6. The molecular formula is C28H32N6OS. The molecule has 36 heavy (non-hydrogen) atoms. The number of benzene rings is 2. The van der Waals surface area contributed by atoms with Crippen LogP contribution in [0.15, 0.2) is 59.8 Å². The summed E-state index contributed by atoms with van der Waals surface area (Å²) in [5.41, 5.74) is 5.01. The number of amides is 1. The van der Waals surface area contributed by atoms with Gasteiger partial charge in [0.1, 0.15) is 5.69 Å². The molecule has 2 aromatic heterocycles. The zero-order valence-electron chi connectivity index (χ0n) is 20.2. The molecule has 4 aromatic rings. The Kier molecular flexibility index (Phi) is 7.84. The van der Waals surface area contributed by atoms with Crippen molar-refractivity contribution in [3.8, 4) is 11.3 Å². The number of thioether (sulfide) groups is 1. The van der Waals surface area contributed by atoms with E-state index in [2.05, 4.69) is 68.4 Å². The number of nitrogens with zero attached hydrogens (tertiary/aromatic N) is 6. The molecule has 5 rings (SSSR count). The number of anilines is 1. The Balaban J connectivity index is 0.00000304. The van der Waals surface area contributed by atoms with Crippen LogP contribution in [0, 0.1) is 20.8 Å². The van der Waals surface area contributed by atoms with Crippen molar-refractivity contribution >= 4 is 34.3 Å². The quantitative estimate of drug-likeness (QED) is 0.279. The van der Waals surface area contributed by atoms with Crippen LogP contribution in [0.2, 0.25) is 0 Å². The van der Waals surface area contributed by atoms with Crippen molar-refractivity contribution in [3.05, 3.63) is 71.5 Å². The van der Waals surface area contributed by atoms with Crippen LogP contribution < -0.4 is 4.90 Å². The maximum absolute atomic E-state index is 12.8. The van der Waals surface area contributed by atoms with Crippen molar-refractivity contribution in [1.29, 1.82) is 0 Å². The number of rotatable bonds is 5. The van der Waals surface area contributed by atoms with Crippen LogP contribution in [0.5, 0.6) is 0 Å². The number of aryl methyl sites for hydroxylation is 3. The number of carbonyl (C=O) groups excluding carboxylic acids is 1. The third-order valence-electron chi connectivity index (χ3n) is 6.21. The second kappa shape index (κ2) is 11.0. The van der Waals surface area contributed by atoms with E-state index in [9.17, 15) is 4.79 Å². The first-order valence-corrected chi connectivity index (χ1v) is 12.8. The van der Waals surface area contributed by atoms with Gasteiger partial charge >= 0.3 is 0 Å². The Morgan fingerprint density at radius 1 is 0.861 bits per heavy atom. The highest BCUT2D eigenvalue weighted by atomic mass is 32.2. The summed E-state index contributed by atoms with van der Waals surface area (Å²) in [4.78, 5) is 25.8. The second-order valence-electron chi connectivity index (χ2n) is 8.87. The first-order valence-electron chi connectivity index (χ1n) is 11.8. The molecule has 1 aliphatic heterocycles. The minimum absolute atomic E-state index is 0. The van der Waals surface area contributed by atoms with Gasteiger partial charge in [0, 0.05) is 53.9 Å². The maximum atomic E-state index is 12.8. The molecule has 1 saturated heterocycles. The lowest BCUT2D eigenvalue weighted by atomic mass is 10.0. The Bertz CT molecular complexity index is 1350. The summed E-state index contributed by atoms with van der Waals surface area (Å²) in [5.74, 6) is 1.33. The molecule has 0 N–H and O–H groups in total. The van der Waals surface area contributed by atoms with Gasteiger partial charge in [-0.25, -0.2) is 9.97 Å². The van der Waals surface area contributed by atoms with Crippen molar-refractivity contribution in [2.75, 3.05) is 36.8 Å². The molecule has 0 unspecified atom stereocenters. The van der Waals surface area contributed by atoms with E-state index >= 15 is 0 Å². The van der Waals surface area contributed by atoms with Crippen molar-refractivity contribution in [2.45, 2.75) is 33.4 Å². The van der Waals surface area contributed by atoms with Gasteiger partial charge in [-0.15, -0.1) is 10.2 Å². The van der Waals surface area contributed by atoms with E-state index in [0.717, 1.165) is 52.3 Å². The number of hydrogen-bond donors (Lipinski definition) is 0. The second-order valence-corrected chi connectivity index (χ2v) is 9.82. The van der Waals surface area contributed by atoms with Gasteiger partial charge in [0.25, 0.3) is 0 Å². The summed E-state index contributed by atoms with van der Waals surface area (Å²) < 4.78 is 0. The van der Waals surface area contributed by atoms with Gasteiger partial charge in [0.15, 0.2) is 11.0 Å². The van der Waals surface area contributed by atoms with E-state index in [1.165, 1.54) is 17.3 Å². The molecule has 7 nitrogen and oxygen atoms in total. The normalized spacial score (nSPS) is 13.5. The van der Waals surface area contributed by atoms with Gasteiger partial charge in [-0.05, 0) is 26.8 Å². The summed E-state index contributed by atoms with van der Waals surface area (Å²) in [6, 6.07) is 18.6. The van der Waals surface area contributed by atoms with E-state index in [-0.39, 0.29) is 13.3 Å². The van der Waals surface area contributed by atoms with Crippen molar-refractivity contribution in [1.82, 2.24) is 25.1 Å². The molecule has 0 radical (unpaired) electrons. The summed E-state index contributed by atoms with van der Waals surface area (Å²) >= 11 is 1.40. The average Bonchev–Trinajstić information content (AvgIpc) is 2.87. The topological polar surface area (TPSA) is 75.1 Å². The van der Waals surface area contributed by atoms with E-state index in [1.54, 1.807) is 0 Å². The highest BCUT2D eigenvalue weighted by molar-refractivity contribution is 7.99. The molecule has 1 amide bonds. The van der Waals surface area contributed by atoms with E-state index in [0.29, 0.717) is 24.0 Å². The summed E-state index contributed by atoms with van der Waals surface area (Å²) in [5, 5.41) is 12.1. The van der Waals surface area contributed by atoms with Crippen molar-refractivity contribution < 1.29 is 4.79 Å². The van der Waals surface area contributed by atoms with Crippen LogP contribution in [0.25, 0.3) is 22.0 Å². The molecule has 3 heterocycles. The third-order valence-corrected chi connectivity index (χ3v) is 7.04. The average molecular weight is 501 g/mol. The van der Waals surface area contributed by atoms with Crippen molar-refractivity contribution in [2.24, 2.45) is 0 Å². The van der Waals surface area contributed by atoms with E-state index in [1.807, 2.05) is 36.9 Å². The SMILES string of the molecule is C.Cc1ccc(-c2nnc(N3CCN(C(=O)CSc4nc(C)cc(C)n4)CC3)c3ccccc23)cc1. The van der Waals surface area contributed by atoms with Gasteiger partial charge in [0.2, 0.25) is 5.91 Å². The molecule has 1 fully saturated rings. The fourth-order valence-electron chi connectivity index (χ4n) is 4.39. The molecule has 0 atom stereocenters. The number of fused-ring (bicyclic) bond motifs is 1. The Morgan fingerprint density at radius 3 is 2.17 bits per heavy atom. The molecule has 0 spiro atoms. The van der Waals surface area contributed by atoms with Crippen LogP contribution in [-0.2, 0) is 4.79 Å². The first-order chi connectivity index (χ1) is 17.0. The van der Waals surface area contributed by atoms with Gasteiger partial charge in [-0.1, -0.05) is 73.3 Å². The molecule has 2 aromatic carbocycles. The van der Waals surface area contributed by atoms with Crippen molar-refractivity contribution in [3.63, 3.8) is 0 Å². The Morgan fingerprint density at radius 2 is 1.50 bits per heavy atom. The van der Waals surface area contributed by atoms with Crippen LogP contribution in [0.1, 0.15) is 24.4 Å². The highest BCUT2D eigenvalue weighted by Gasteiger charge is 2.24. The lowest BCUT2D eigenvalue weighted by Gasteiger charge is -2.35. The van der Waals surface area contributed by atoms with Gasteiger partial charge in [-0.3, -0.25) is 4.79 Å². The highest BCUT2D eigenvalue weighted by Crippen LogP contribution is 2.32. The van der Waals surface area contributed by atoms with Crippen LogP contribution in [0.3, 0.4) is 0 Å². The molecule has 0 bridgehead atoms. The number of piperazine rings is 1. The zero-order chi connectivity index (χ0) is 24.4. The number of carbonyl (C=O) groups is 1. The molecule has 0 aliphatic carbocycles. The monoisotopic (exact) mass is 500 g/mol. The third kappa shape index (κ3) is 5.49. The summed E-state index contributed by atoms with van der Waals surface area (Å²) in [7, 11) is 0. The van der Waals surface area contributed by atoms with Crippen LogP contribution in [0.4, 0.5) is 5.82 Å². The summed E-state index contributed by atoms with van der Waals surface area (Å²) in [6.45, 7) is 8.72. The smallest absolute Gasteiger partial charge is 0.233 e. The van der Waals surface area contributed by atoms with E-state index in [4.69, 9.17) is 0 Å². The minimum atomic E-state index is 0. The predicted molar refractivity (Wildman–Crippen MR) is 147 cm³/mol. The Labute approximate surface area is 217 Å². The fraction of sp³-hybridized carbons (Fsp3) is 0.321. The Hall–Kier alpha value is -3.52. The molecule has 1 aliphatic rings. The van der Waals surface area contributed by atoms with Crippen LogP contribution >= 0.6 is 11.8 Å². The lowest BCUT2D eigenvalue weighted by Crippen LogP contribution is -2.49. The molecule has 186 valence electrons. The van der Waals surface area contributed by atoms with Gasteiger partial charge < -0.3 is 9.80 Å². The molecule has 8 heteroatoms. The van der Waals surface area contributed by atoms with E-state index < -0.39 is 0 Å². The molecular weight excluding hydrogens is 468 g/mol. The summed E-state index contributed by atoms with van der Waals surface area (Å²) in [6.07, 6.45) is 0.